The van der Waals surface area contributed by atoms with E-state index in [-0.39, 0.29) is 22.3 Å². The van der Waals surface area contributed by atoms with Crippen LogP contribution in [0, 0.1) is 23.2 Å². The molecule has 3 aliphatic carbocycles. The highest BCUT2D eigenvalue weighted by Gasteiger charge is 2.50. The highest BCUT2D eigenvalue weighted by molar-refractivity contribution is 6.74. The first-order valence-electron chi connectivity index (χ1n) is 19.0. The minimum atomic E-state index is -1.99. The second-order valence-corrected chi connectivity index (χ2v) is 28.3. The van der Waals surface area contributed by atoms with Crippen molar-refractivity contribution in [2.24, 2.45) is 23.2 Å². The maximum Gasteiger partial charge on any atom is 0.192 e. The van der Waals surface area contributed by atoms with Gasteiger partial charge in [0.05, 0.1) is 17.8 Å². The Kier molecular flexibility index (Phi) is 13.0. The van der Waals surface area contributed by atoms with Crippen LogP contribution < -0.4 is 0 Å². The van der Waals surface area contributed by atoms with E-state index in [1.54, 1.807) is 5.57 Å². The lowest BCUT2D eigenvalue weighted by Crippen LogP contribution is -2.49. The number of allylic oxidation sites excluding steroid dienone is 6. The predicted molar refractivity (Wildman–Crippen MR) is 210 cm³/mol. The molecular formula is C42H74O3Si2. The monoisotopic (exact) mass is 683 g/mol. The largest absolute Gasteiger partial charge is 0.413 e. The van der Waals surface area contributed by atoms with Crippen molar-refractivity contribution < 1.29 is 14.0 Å². The predicted octanol–water partition coefficient (Wildman–Crippen LogP) is 12.5. The summed E-state index contributed by atoms with van der Waals surface area (Å²) in [4.78, 5) is 0. The molecule has 5 heteroatoms. The average Bonchev–Trinajstić information content (AvgIpc) is 3.32. The fraction of sp³-hybridized carbons (Fsp3) is 0.762. The maximum atomic E-state index is 10.6. The molecule has 0 heterocycles. The second-order valence-electron chi connectivity index (χ2n) is 18.8. The lowest BCUT2D eigenvalue weighted by molar-refractivity contribution is 0.0828. The number of fused-ring (bicyclic) bond motifs is 1. The van der Waals surface area contributed by atoms with Gasteiger partial charge in [0.2, 0.25) is 0 Å². The molecule has 0 radical (unpaired) electrons. The van der Waals surface area contributed by atoms with Crippen LogP contribution in [0.4, 0.5) is 0 Å². The Morgan fingerprint density at radius 1 is 0.936 bits per heavy atom. The SMILES string of the molecule is C=C1/C(=C\C=C2/CCC[C@]3(C)[C@@H](C(C)/C=C/C=C/C(O)(CC)CC)CC[C@@H]23)C[C@@H](O[Si](C)(C)C(C)(C)C)C[C@@H]1O[Si](C)(C)C(C)(C)C. The first kappa shape index (κ1) is 40.4. The smallest absolute Gasteiger partial charge is 0.192 e. The quantitative estimate of drug-likeness (QED) is 0.174. The third-order valence-electron chi connectivity index (χ3n) is 13.6. The fourth-order valence-electron chi connectivity index (χ4n) is 8.00. The Morgan fingerprint density at radius 3 is 2.11 bits per heavy atom. The summed E-state index contributed by atoms with van der Waals surface area (Å²) in [6, 6.07) is 0. The van der Waals surface area contributed by atoms with E-state index in [2.05, 4.69) is 126 Å². The van der Waals surface area contributed by atoms with Gasteiger partial charge < -0.3 is 14.0 Å². The zero-order valence-electron chi connectivity index (χ0n) is 33.2. The summed E-state index contributed by atoms with van der Waals surface area (Å²) in [7, 11) is -3.92. The van der Waals surface area contributed by atoms with Gasteiger partial charge in [-0.1, -0.05) is 118 Å². The Labute approximate surface area is 293 Å². The summed E-state index contributed by atoms with van der Waals surface area (Å²) < 4.78 is 14.2. The van der Waals surface area contributed by atoms with Crippen molar-refractivity contribution in [3.05, 3.63) is 59.8 Å². The van der Waals surface area contributed by atoms with Gasteiger partial charge in [-0.3, -0.25) is 0 Å². The standard InChI is InChI=1S/C42H74O3Si2/c1-16-42(43,17-2)28-19-18-21-31(3)36-25-26-37-33(22-20-27-41(36,37)11)23-24-34-29-35(44-46(12,13)39(5,6)7)30-38(32(34)4)45-47(14,15)40(8,9)10/h18-19,21,23-24,28,31,35-38,43H,4,16-17,20,22,25-27,29-30H2,1-3,5-15H3/b21-18+,28-19+,33-23+,34-24-/t31?,35-,36-,37+,38+,41-/m1/s1. The molecule has 1 N–H and O–H groups in total. The van der Waals surface area contributed by atoms with Crippen molar-refractivity contribution >= 4 is 16.6 Å². The molecule has 0 amide bonds. The van der Waals surface area contributed by atoms with E-state index in [9.17, 15) is 5.11 Å². The highest BCUT2D eigenvalue weighted by atomic mass is 28.4. The molecule has 3 fully saturated rings. The summed E-state index contributed by atoms with van der Waals surface area (Å²) in [5.41, 5.74) is 3.79. The molecule has 0 aromatic rings. The lowest BCUT2D eigenvalue weighted by atomic mass is 9.61. The minimum Gasteiger partial charge on any atom is -0.413 e. The van der Waals surface area contributed by atoms with Gasteiger partial charge >= 0.3 is 0 Å². The van der Waals surface area contributed by atoms with Gasteiger partial charge in [0.15, 0.2) is 16.6 Å². The van der Waals surface area contributed by atoms with Crippen LogP contribution in [0.25, 0.3) is 0 Å². The number of hydrogen-bond acceptors (Lipinski definition) is 3. The Bertz CT molecular complexity index is 1200. The molecule has 3 saturated carbocycles. The van der Waals surface area contributed by atoms with Crippen LogP contribution in [0.15, 0.2) is 59.8 Å². The van der Waals surface area contributed by atoms with Crippen LogP contribution in [0.2, 0.25) is 36.3 Å². The number of hydrogen-bond donors (Lipinski definition) is 1. The molecule has 3 aliphatic rings. The summed E-state index contributed by atoms with van der Waals surface area (Å²) in [6.45, 7) is 37.3. The van der Waals surface area contributed by atoms with E-state index in [1.165, 1.54) is 43.3 Å². The number of aliphatic hydroxyl groups is 1. The summed E-state index contributed by atoms with van der Waals surface area (Å²) in [5, 5.41) is 11.0. The minimum absolute atomic E-state index is 0.0175. The fourth-order valence-corrected chi connectivity index (χ4v) is 10.7. The van der Waals surface area contributed by atoms with Crippen molar-refractivity contribution in [2.75, 3.05) is 0 Å². The molecular weight excluding hydrogens is 609 g/mol. The average molecular weight is 683 g/mol. The first-order valence-corrected chi connectivity index (χ1v) is 24.8. The van der Waals surface area contributed by atoms with Crippen LogP contribution in [-0.2, 0) is 8.85 Å². The summed E-state index contributed by atoms with van der Waals surface area (Å²) in [6.07, 6.45) is 23.4. The maximum absolute atomic E-state index is 10.6. The lowest BCUT2D eigenvalue weighted by Gasteiger charge is -2.45. The van der Waals surface area contributed by atoms with Crippen molar-refractivity contribution in [3.63, 3.8) is 0 Å². The van der Waals surface area contributed by atoms with E-state index in [0.717, 1.165) is 25.7 Å². The molecule has 0 aromatic heterocycles. The number of rotatable bonds is 11. The van der Waals surface area contributed by atoms with Gasteiger partial charge in [-0.25, -0.2) is 0 Å². The van der Waals surface area contributed by atoms with Crippen LogP contribution in [0.3, 0.4) is 0 Å². The van der Waals surface area contributed by atoms with E-state index >= 15 is 0 Å². The molecule has 1 unspecified atom stereocenters. The van der Waals surface area contributed by atoms with Gasteiger partial charge in [-0.05, 0) is 122 Å². The molecule has 3 nitrogen and oxygen atoms in total. The van der Waals surface area contributed by atoms with Crippen LogP contribution >= 0.6 is 0 Å². The van der Waals surface area contributed by atoms with E-state index < -0.39 is 22.2 Å². The first-order chi connectivity index (χ1) is 21.5. The summed E-state index contributed by atoms with van der Waals surface area (Å²) in [5.74, 6) is 1.84. The van der Waals surface area contributed by atoms with Crippen molar-refractivity contribution in [3.8, 4) is 0 Å². The molecule has 6 atom stereocenters. The Balaban J connectivity index is 1.87. The Hall–Kier alpha value is -0.986. The van der Waals surface area contributed by atoms with Gasteiger partial charge in [-0.15, -0.1) is 0 Å². The van der Waals surface area contributed by atoms with Gasteiger partial charge in [-0.2, -0.15) is 0 Å². The Morgan fingerprint density at radius 2 is 1.53 bits per heavy atom. The summed E-state index contributed by atoms with van der Waals surface area (Å²) >= 11 is 0. The van der Waals surface area contributed by atoms with Gasteiger partial charge in [0.1, 0.15) is 0 Å². The normalized spacial score (nSPS) is 31.0. The van der Waals surface area contributed by atoms with Crippen molar-refractivity contribution in [2.45, 2.75) is 181 Å². The molecule has 0 aromatic carbocycles. The molecule has 0 spiro atoms. The van der Waals surface area contributed by atoms with E-state index in [1.807, 2.05) is 6.08 Å². The highest BCUT2D eigenvalue weighted by Crippen LogP contribution is 2.59. The molecule has 3 rings (SSSR count). The zero-order valence-corrected chi connectivity index (χ0v) is 35.2. The molecule has 47 heavy (non-hydrogen) atoms. The van der Waals surface area contributed by atoms with Crippen molar-refractivity contribution in [1.29, 1.82) is 0 Å². The van der Waals surface area contributed by atoms with E-state index in [0.29, 0.717) is 23.2 Å². The van der Waals surface area contributed by atoms with Gasteiger partial charge in [0.25, 0.3) is 0 Å². The van der Waals surface area contributed by atoms with Crippen LogP contribution in [0.1, 0.15) is 127 Å². The third-order valence-corrected chi connectivity index (χ3v) is 22.6. The molecule has 0 saturated heterocycles. The van der Waals surface area contributed by atoms with E-state index in [4.69, 9.17) is 15.4 Å². The molecule has 268 valence electrons. The van der Waals surface area contributed by atoms with Crippen LogP contribution in [0.5, 0.6) is 0 Å². The van der Waals surface area contributed by atoms with Crippen LogP contribution in [-0.4, -0.2) is 39.6 Å². The molecule has 0 aliphatic heterocycles. The third kappa shape index (κ3) is 9.42. The van der Waals surface area contributed by atoms with Gasteiger partial charge in [0, 0.05) is 6.42 Å². The molecule has 0 bridgehead atoms. The topological polar surface area (TPSA) is 38.7 Å². The second kappa shape index (κ2) is 15.1. The van der Waals surface area contributed by atoms with Crippen molar-refractivity contribution in [1.82, 2.24) is 0 Å². The zero-order chi connectivity index (χ0) is 35.6.